The first kappa shape index (κ1) is 24.4. The number of aliphatic hydroxyl groups is 1. The van der Waals surface area contributed by atoms with Crippen molar-refractivity contribution in [3.63, 3.8) is 0 Å². The first-order valence-electron chi connectivity index (χ1n) is 10.5. The molecule has 150 valence electrons. The number of hydrogen-bond acceptors (Lipinski definition) is 4. The normalized spacial score (nSPS) is 12.4. The van der Waals surface area contributed by atoms with Crippen LogP contribution in [-0.2, 0) is 4.79 Å². The molecule has 5 heteroatoms. The number of unbranched alkanes of at least 4 members (excludes halogenated alkanes) is 10. The zero-order valence-corrected chi connectivity index (χ0v) is 16.2. The number of nitrogens with one attached hydrogen (secondary N) is 1. The Kier molecular flexibility index (Phi) is 19.2. The topological polar surface area (TPSA) is 95.6 Å². The molecule has 0 aliphatic heterocycles. The lowest BCUT2D eigenvalue weighted by Gasteiger charge is -2.10. The Hall–Kier alpha value is -0.650. The maximum Gasteiger partial charge on any atom is 0.303 e. The molecule has 0 aliphatic rings. The third-order valence-corrected chi connectivity index (χ3v) is 4.64. The fourth-order valence-corrected chi connectivity index (χ4v) is 3.07. The second kappa shape index (κ2) is 19.7. The van der Waals surface area contributed by atoms with E-state index < -0.39 is 5.97 Å². The van der Waals surface area contributed by atoms with Crippen molar-refractivity contribution in [2.24, 2.45) is 5.73 Å². The van der Waals surface area contributed by atoms with E-state index in [1.165, 1.54) is 44.9 Å². The molecule has 0 aromatic rings. The summed E-state index contributed by atoms with van der Waals surface area (Å²) in [6.07, 6.45) is 15.9. The highest BCUT2D eigenvalue weighted by molar-refractivity contribution is 5.66. The first-order chi connectivity index (χ1) is 12.2. The maximum atomic E-state index is 10.4. The summed E-state index contributed by atoms with van der Waals surface area (Å²) in [4.78, 5) is 10.4. The van der Waals surface area contributed by atoms with Crippen LogP contribution < -0.4 is 11.1 Å². The third kappa shape index (κ3) is 21.3. The van der Waals surface area contributed by atoms with Crippen molar-refractivity contribution in [2.45, 2.75) is 102 Å². The Morgan fingerprint density at radius 1 is 0.760 bits per heavy atom. The molecule has 0 aliphatic carbocycles. The van der Waals surface area contributed by atoms with Gasteiger partial charge in [-0.25, -0.2) is 0 Å². The summed E-state index contributed by atoms with van der Waals surface area (Å²) in [6, 6.07) is 0. The van der Waals surface area contributed by atoms with Gasteiger partial charge >= 0.3 is 5.97 Å². The second-order valence-electron chi connectivity index (χ2n) is 7.16. The zero-order valence-electron chi connectivity index (χ0n) is 16.2. The summed E-state index contributed by atoms with van der Waals surface area (Å²) in [5.41, 5.74) is 5.42. The summed E-state index contributed by atoms with van der Waals surface area (Å²) in [5.74, 6) is -0.682. The van der Waals surface area contributed by atoms with E-state index in [9.17, 15) is 9.90 Å². The molecule has 0 saturated carbocycles. The van der Waals surface area contributed by atoms with E-state index in [0.29, 0.717) is 13.0 Å². The number of carboxylic acids is 1. The van der Waals surface area contributed by atoms with Crippen LogP contribution in [0.1, 0.15) is 96.3 Å². The van der Waals surface area contributed by atoms with Gasteiger partial charge in [0.1, 0.15) is 0 Å². The molecule has 0 spiro atoms. The summed E-state index contributed by atoms with van der Waals surface area (Å²) < 4.78 is 0. The number of aliphatic hydroxyl groups excluding tert-OH is 1. The predicted octanol–water partition coefficient (Wildman–Crippen LogP) is 3.83. The minimum atomic E-state index is -0.682. The molecule has 0 bridgehead atoms. The molecule has 5 nitrogen and oxygen atoms in total. The standard InChI is InChI=1S/C20H42N2O3/c21-16-18-22-17-12-8-7-10-14-19(23)13-9-5-3-1-2-4-6-11-15-20(24)25/h19,22-23H,1-18,21H2,(H,24,25). The quantitative estimate of drug-likeness (QED) is 0.248. The monoisotopic (exact) mass is 358 g/mol. The van der Waals surface area contributed by atoms with Gasteiger partial charge in [0, 0.05) is 19.5 Å². The van der Waals surface area contributed by atoms with Crippen molar-refractivity contribution in [1.82, 2.24) is 5.32 Å². The van der Waals surface area contributed by atoms with Crippen LogP contribution in [0.3, 0.4) is 0 Å². The Labute approximate surface area is 154 Å². The molecule has 25 heavy (non-hydrogen) atoms. The fourth-order valence-electron chi connectivity index (χ4n) is 3.07. The molecule has 5 N–H and O–H groups in total. The summed E-state index contributed by atoms with van der Waals surface area (Å²) in [5, 5.41) is 21.8. The lowest BCUT2D eigenvalue weighted by Crippen LogP contribution is -2.23. The number of carbonyl (C=O) groups is 1. The van der Waals surface area contributed by atoms with Crippen LogP contribution in [0.25, 0.3) is 0 Å². The van der Waals surface area contributed by atoms with Gasteiger partial charge in [-0.1, -0.05) is 64.2 Å². The zero-order chi connectivity index (χ0) is 18.6. The van der Waals surface area contributed by atoms with Gasteiger partial charge in [0.25, 0.3) is 0 Å². The van der Waals surface area contributed by atoms with Crippen molar-refractivity contribution < 1.29 is 15.0 Å². The van der Waals surface area contributed by atoms with E-state index in [0.717, 1.165) is 58.0 Å². The lowest BCUT2D eigenvalue weighted by atomic mass is 10.0. The molecule has 0 saturated heterocycles. The number of hydrogen-bond donors (Lipinski definition) is 4. The van der Waals surface area contributed by atoms with E-state index in [-0.39, 0.29) is 6.10 Å². The average molecular weight is 359 g/mol. The molecule has 0 amide bonds. The summed E-state index contributed by atoms with van der Waals surface area (Å²) >= 11 is 0. The second-order valence-corrected chi connectivity index (χ2v) is 7.16. The minimum absolute atomic E-state index is 0.119. The van der Waals surface area contributed by atoms with Gasteiger partial charge in [0.15, 0.2) is 0 Å². The van der Waals surface area contributed by atoms with Crippen molar-refractivity contribution in [3.05, 3.63) is 0 Å². The smallest absolute Gasteiger partial charge is 0.303 e. The van der Waals surface area contributed by atoms with Crippen molar-refractivity contribution in [1.29, 1.82) is 0 Å². The molecule has 1 atom stereocenters. The average Bonchev–Trinajstić information content (AvgIpc) is 2.58. The van der Waals surface area contributed by atoms with Crippen LogP contribution in [0.2, 0.25) is 0 Å². The molecular formula is C20H42N2O3. The predicted molar refractivity (Wildman–Crippen MR) is 105 cm³/mol. The Bertz CT molecular complexity index is 288. The molecule has 0 heterocycles. The van der Waals surface area contributed by atoms with Gasteiger partial charge in [-0.15, -0.1) is 0 Å². The van der Waals surface area contributed by atoms with Crippen LogP contribution >= 0.6 is 0 Å². The molecule has 0 radical (unpaired) electrons. The highest BCUT2D eigenvalue weighted by atomic mass is 16.4. The van der Waals surface area contributed by atoms with Crippen molar-refractivity contribution in [2.75, 3.05) is 19.6 Å². The van der Waals surface area contributed by atoms with E-state index >= 15 is 0 Å². The van der Waals surface area contributed by atoms with Crippen molar-refractivity contribution in [3.8, 4) is 0 Å². The number of carboxylic acid groups (broad SMARTS) is 1. The first-order valence-corrected chi connectivity index (χ1v) is 10.5. The lowest BCUT2D eigenvalue weighted by molar-refractivity contribution is -0.137. The largest absolute Gasteiger partial charge is 0.481 e. The molecule has 0 rings (SSSR count). The van der Waals surface area contributed by atoms with Gasteiger partial charge in [-0.05, 0) is 32.2 Å². The van der Waals surface area contributed by atoms with Gasteiger partial charge in [-0.3, -0.25) is 4.79 Å². The number of aliphatic carboxylic acids is 1. The molecule has 0 aromatic carbocycles. The number of rotatable bonds is 20. The Balaban J connectivity index is 3.15. The van der Waals surface area contributed by atoms with Crippen LogP contribution in [-0.4, -0.2) is 41.9 Å². The fraction of sp³-hybridized carbons (Fsp3) is 0.950. The summed E-state index contributed by atoms with van der Waals surface area (Å²) in [7, 11) is 0. The van der Waals surface area contributed by atoms with Crippen LogP contribution in [0.4, 0.5) is 0 Å². The summed E-state index contributed by atoms with van der Waals surface area (Å²) in [6.45, 7) is 2.67. The highest BCUT2D eigenvalue weighted by Gasteiger charge is 2.03. The minimum Gasteiger partial charge on any atom is -0.481 e. The SMILES string of the molecule is NCCNCCCCCCC(O)CCCCCCCCCCC(=O)O. The van der Waals surface area contributed by atoms with Gasteiger partial charge < -0.3 is 21.3 Å². The Morgan fingerprint density at radius 3 is 1.76 bits per heavy atom. The van der Waals surface area contributed by atoms with Gasteiger partial charge in [0.2, 0.25) is 0 Å². The Morgan fingerprint density at radius 2 is 1.24 bits per heavy atom. The number of nitrogens with two attached hydrogens (primary N) is 1. The van der Waals surface area contributed by atoms with Gasteiger partial charge in [-0.2, -0.15) is 0 Å². The van der Waals surface area contributed by atoms with Crippen LogP contribution in [0, 0.1) is 0 Å². The maximum absolute atomic E-state index is 10.4. The molecule has 0 aromatic heterocycles. The molecular weight excluding hydrogens is 316 g/mol. The van der Waals surface area contributed by atoms with Crippen molar-refractivity contribution >= 4 is 5.97 Å². The highest BCUT2D eigenvalue weighted by Crippen LogP contribution is 2.14. The van der Waals surface area contributed by atoms with E-state index in [1.54, 1.807) is 0 Å². The van der Waals surface area contributed by atoms with Crippen LogP contribution in [0.5, 0.6) is 0 Å². The van der Waals surface area contributed by atoms with E-state index in [2.05, 4.69) is 5.32 Å². The van der Waals surface area contributed by atoms with Gasteiger partial charge in [0.05, 0.1) is 6.10 Å². The third-order valence-electron chi connectivity index (χ3n) is 4.64. The van der Waals surface area contributed by atoms with E-state index in [4.69, 9.17) is 10.8 Å². The van der Waals surface area contributed by atoms with E-state index in [1.807, 2.05) is 0 Å². The molecule has 0 fully saturated rings. The molecule has 1 unspecified atom stereocenters. The van der Waals surface area contributed by atoms with Crippen LogP contribution in [0.15, 0.2) is 0 Å².